The minimum Gasteiger partial charge on any atom is -0.327 e. The van der Waals surface area contributed by atoms with E-state index in [-0.39, 0.29) is 17.5 Å². The molecule has 1 aliphatic heterocycles. The Morgan fingerprint density at radius 3 is 2.52 bits per heavy atom. The molecule has 6 nitrogen and oxygen atoms in total. The first-order valence-corrected chi connectivity index (χ1v) is 7.08. The van der Waals surface area contributed by atoms with Gasteiger partial charge in [0.1, 0.15) is 5.69 Å². The summed E-state index contributed by atoms with van der Waals surface area (Å²) in [7, 11) is 0. The minimum absolute atomic E-state index is 0.127. The molecule has 0 radical (unpaired) electrons. The maximum absolute atomic E-state index is 12.7. The summed E-state index contributed by atoms with van der Waals surface area (Å²) in [6.07, 6.45) is 0. The van der Waals surface area contributed by atoms with Crippen LogP contribution >= 0.6 is 0 Å². The molecule has 4 rings (SSSR count). The molecule has 2 amide bonds. The van der Waals surface area contributed by atoms with Gasteiger partial charge < -0.3 is 10.6 Å². The first-order chi connectivity index (χ1) is 11.2. The van der Waals surface area contributed by atoms with Gasteiger partial charge in [0.25, 0.3) is 0 Å². The first kappa shape index (κ1) is 13.4. The molecule has 1 aliphatic carbocycles. The lowest BCUT2D eigenvalue weighted by Gasteiger charge is -2.26. The highest BCUT2D eigenvalue weighted by molar-refractivity contribution is 6.23. The van der Waals surface area contributed by atoms with Gasteiger partial charge in [0.2, 0.25) is 0 Å². The molecular weight excluding hydrogens is 294 g/mol. The largest absolute Gasteiger partial charge is 0.327 e. The molecule has 0 saturated carbocycles. The van der Waals surface area contributed by atoms with Gasteiger partial charge in [0, 0.05) is 11.1 Å². The fraction of sp³-hybridized carbons (Fsp3) is 0.0588. The lowest BCUT2D eigenvalue weighted by Crippen LogP contribution is -2.43. The number of fused-ring (bicyclic) bond motifs is 2. The highest BCUT2D eigenvalue weighted by atomic mass is 16.3. The van der Waals surface area contributed by atoms with E-state index in [2.05, 4.69) is 15.8 Å². The fourth-order valence-electron chi connectivity index (χ4n) is 3.08. The third-order valence-corrected chi connectivity index (χ3v) is 4.07. The smallest absolute Gasteiger partial charge is 0.320 e. The molecule has 1 unspecified atom stereocenters. The number of rotatable bonds is 2. The number of benzene rings is 2. The van der Waals surface area contributed by atoms with Crippen molar-refractivity contribution in [1.82, 2.24) is 10.6 Å². The van der Waals surface area contributed by atoms with Crippen LogP contribution < -0.4 is 10.6 Å². The second-order valence-corrected chi connectivity index (χ2v) is 5.38. The number of ketones is 1. The summed E-state index contributed by atoms with van der Waals surface area (Å²) >= 11 is 0. The average molecular weight is 305 g/mol. The summed E-state index contributed by atoms with van der Waals surface area (Å²) in [5.74, 6) is -0.127. The summed E-state index contributed by atoms with van der Waals surface area (Å²) < 4.78 is 0. The Balaban J connectivity index is 1.89. The molecule has 112 valence electrons. The highest BCUT2D eigenvalue weighted by Crippen LogP contribution is 2.40. The highest BCUT2D eigenvalue weighted by Gasteiger charge is 2.39. The van der Waals surface area contributed by atoms with Crippen molar-refractivity contribution in [1.29, 1.82) is 0 Å². The van der Waals surface area contributed by atoms with Crippen molar-refractivity contribution >= 4 is 23.2 Å². The maximum Gasteiger partial charge on any atom is 0.320 e. The molecule has 1 atom stereocenters. The summed E-state index contributed by atoms with van der Waals surface area (Å²) in [5, 5.41) is 8.37. The summed E-state index contributed by atoms with van der Waals surface area (Å²) in [4.78, 5) is 35.5. The van der Waals surface area contributed by atoms with Gasteiger partial charge >= 0.3 is 6.03 Å². The lowest BCUT2D eigenvalue weighted by molar-refractivity contribution is 0.103. The number of nitroso groups, excluding NO2 is 1. The average Bonchev–Trinajstić information content (AvgIpc) is 2.87. The van der Waals surface area contributed by atoms with Crippen LogP contribution in [-0.2, 0) is 0 Å². The maximum atomic E-state index is 12.7. The van der Waals surface area contributed by atoms with Crippen molar-refractivity contribution in [3.8, 4) is 0 Å². The van der Waals surface area contributed by atoms with Crippen LogP contribution in [0.25, 0.3) is 5.70 Å². The number of Topliss-reactive ketones (excluding diaryl/α,β-unsaturated/α-hetero) is 1. The van der Waals surface area contributed by atoms with Crippen LogP contribution in [0, 0.1) is 4.91 Å². The predicted molar refractivity (Wildman–Crippen MR) is 84.0 cm³/mol. The zero-order valence-corrected chi connectivity index (χ0v) is 11.9. The number of hydrogen-bond acceptors (Lipinski definition) is 4. The number of nitrogens with one attached hydrogen (secondary N) is 2. The second kappa shape index (κ2) is 4.88. The second-order valence-electron chi connectivity index (χ2n) is 5.38. The number of urea groups is 1. The topological polar surface area (TPSA) is 87.6 Å². The van der Waals surface area contributed by atoms with Crippen LogP contribution in [0.4, 0.5) is 10.5 Å². The van der Waals surface area contributed by atoms with Crippen molar-refractivity contribution in [2.75, 3.05) is 0 Å². The van der Waals surface area contributed by atoms with Crippen molar-refractivity contribution < 1.29 is 9.59 Å². The van der Waals surface area contributed by atoms with Crippen molar-refractivity contribution in [3.63, 3.8) is 0 Å². The van der Waals surface area contributed by atoms with Crippen LogP contribution in [0.5, 0.6) is 0 Å². The van der Waals surface area contributed by atoms with Crippen LogP contribution in [0.3, 0.4) is 0 Å². The zero-order valence-electron chi connectivity index (χ0n) is 11.9. The molecule has 0 spiro atoms. The molecule has 2 N–H and O–H groups in total. The summed E-state index contributed by atoms with van der Waals surface area (Å²) in [5.41, 5.74) is 3.19. The number of hydrogen-bond donors (Lipinski definition) is 2. The standard InChI is InChI=1S/C17H11N3O3/c21-16-12-7-2-1-6-11(12)15-13(16)14(18-17(22)19-15)9-4-3-5-10(8-9)20-23/h1-8,14H,(H2,18,19,22). The summed E-state index contributed by atoms with van der Waals surface area (Å²) in [6, 6.07) is 12.7. The Morgan fingerprint density at radius 1 is 0.957 bits per heavy atom. The van der Waals surface area contributed by atoms with Gasteiger partial charge in [-0.25, -0.2) is 4.79 Å². The van der Waals surface area contributed by atoms with E-state index in [0.717, 1.165) is 5.56 Å². The Kier molecular flexibility index (Phi) is 2.84. The Bertz CT molecular complexity index is 901. The van der Waals surface area contributed by atoms with Crippen LogP contribution in [0.1, 0.15) is 27.5 Å². The molecule has 2 aromatic carbocycles. The van der Waals surface area contributed by atoms with Gasteiger partial charge in [-0.3, -0.25) is 4.79 Å². The fourth-order valence-corrected chi connectivity index (χ4v) is 3.08. The molecule has 0 saturated heterocycles. The van der Waals surface area contributed by atoms with Crippen LogP contribution in [0.2, 0.25) is 0 Å². The van der Waals surface area contributed by atoms with Crippen molar-refractivity contribution in [2.45, 2.75) is 6.04 Å². The van der Waals surface area contributed by atoms with Gasteiger partial charge in [-0.2, -0.15) is 0 Å². The van der Waals surface area contributed by atoms with Gasteiger partial charge in [-0.05, 0) is 22.9 Å². The number of carbonyl (C=O) groups is 2. The SMILES string of the molecule is O=Nc1cccc(C2NC(=O)NC3=C2C(=O)c2ccccc23)c1. The van der Waals surface area contributed by atoms with Gasteiger partial charge in [-0.1, -0.05) is 36.4 Å². The normalized spacial score (nSPS) is 18.9. The van der Waals surface area contributed by atoms with E-state index in [4.69, 9.17) is 0 Å². The van der Waals surface area contributed by atoms with Gasteiger partial charge in [-0.15, -0.1) is 4.91 Å². The minimum atomic E-state index is -0.611. The van der Waals surface area contributed by atoms with Crippen molar-refractivity contribution in [2.24, 2.45) is 5.18 Å². The molecule has 0 fully saturated rings. The van der Waals surface area contributed by atoms with Crippen LogP contribution in [0.15, 0.2) is 59.3 Å². The Morgan fingerprint density at radius 2 is 1.74 bits per heavy atom. The quantitative estimate of drug-likeness (QED) is 0.836. The van der Waals surface area contributed by atoms with E-state index in [9.17, 15) is 14.5 Å². The molecule has 2 aromatic rings. The zero-order chi connectivity index (χ0) is 16.0. The van der Waals surface area contributed by atoms with Gasteiger partial charge in [0.15, 0.2) is 5.78 Å². The first-order valence-electron chi connectivity index (χ1n) is 7.08. The third kappa shape index (κ3) is 1.96. The molecule has 0 bridgehead atoms. The Labute approximate surface area is 131 Å². The van der Waals surface area contributed by atoms with Crippen molar-refractivity contribution in [3.05, 3.63) is 75.7 Å². The molecule has 23 heavy (non-hydrogen) atoms. The van der Waals surface area contributed by atoms with E-state index in [0.29, 0.717) is 22.4 Å². The monoisotopic (exact) mass is 305 g/mol. The number of nitrogens with zero attached hydrogens (tertiary/aromatic N) is 1. The molecular formula is C17H11N3O3. The van der Waals surface area contributed by atoms with E-state index < -0.39 is 6.04 Å². The number of carbonyl (C=O) groups excluding carboxylic acids is 2. The van der Waals surface area contributed by atoms with E-state index >= 15 is 0 Å². The van der Waals surface area contributed by atoms with E-state index in [1.165, 1.54) is 0 Å². The predicted octanol–water partition coefficient (Wildman–Crippen LogP) is 3.05. The summed E-state index contributed by atoms with van der Waals surface area (Å²) in [6.45, 7) is 0. The Hall–Kier alpha value is -3.28. The van der Waals surface area contributed by atoms with E-state index in [1.54, 1.807) is 36.4 Å². The molecule has 2 aliphatic rings. The molecule has 1 heterocycles. The number of amides is 2. The third-order valence-electron chi connectivity index (χ3n) is 4.07. The lowest BCUT2D eigenvalue weighted by atomic mass is 9.94. The molecule has 6 heteroatoms. The molecule has 0 aromatic heterocycles. The van der Waals surface area contributed by atoms with E-state index in [1.807, 2.05) is 12.1 Å². The van der Waals surface area contributed by atoms with Crippen LogP contribution in [-0.4, -0.2) is 11.8 Å². The van der Waals surface area contributed by atoms with Gasteiger partial charge in [0.05, 0.1) is 17.3 Å².